The highest BCUT2D eigenvalue weighted by molar-refractivity contribution is 5.86. The first kappa shape index (κ1) is 16.6. The molecule has 0 aliphatic rings. The second-order valence-electron chi connectivity index (χ2n) is 3.80. The Morgan fingerprint density at radius 1 is 1.40 bits per heavy atom. The molecule has 0 fully saturated rings. The van der Waals surface area contributed by atoms with Gasteiger partial charge in [-0.1, -0.05) is 39.7 Å². The molecule has 0 aliphatic heterocycles. The molecule has 0 aromatic heterocycles. The van der Waals surface area contributed by atoms with Gasteiger partial charge in [0, 0.05) is 5.57 Å². The summed E-state index contributed by atoms with van der Waals surface area (Å²) in [7, 11) is 0. The van der Waals surface area contributed by atoms with Crippen molar-refractivity contribution in [3.63, 3.8) is 0 Å². The number of carbonyl (C=O) groups is 1. The lowest BCUT2D eigenvalue weighted by Gasteiger charge is -2.14. The van der Waals surface area contributed by atoms with Crippen molar-refractivity contribution < 1.29 is 15.0 Å². The smallest absolute Gasteiger partial charge is 0.333 e. The lowest BCUT2D eigenvalue weighted by molar-refractivity contribution is -0.140. The van der Waals surface area contributed by atoms with Gasteiger partial charge in [-0.2, -0.15) is 0 Å². The molecule has 2 N–H and O–H groups in total. The molecule has 0 aromatic rings. The van der Waals surface area contributed by atoms with Crippen LogP contribution in [0, 0.1) is 5.92 Å². The van der Waals surface area contributed by atoms with Crippen LogP contribution in [0.1, 0.15) is 46.5 Å². The highest BCUT2D eigenvalue weighted by atomic mass is 16.5. The van der Waals surface area contributed by atoms with E-state index in [0.29, 0.717) is 18.1 Å². The fraction of sp³-hybridized carbons (Fsp3) is 0.750. The average Bonchev–Trinajstić information content (AvgIpc) is 2.17. The molecule has 0 aromatic carbocycles. The molecule has 1 atom stereocenters. The molecule has 0 saturated heterocycles. The van der Waals surface area contributed by atoms with Crippen LogP contribution in [0.2, 0.25) is 0 Å². The van der Waals surface area contributed by atoms with E-state index in [1.165, 1.54) is 12.8 Å². The number of ether oxygens (including phenoxy) is 1. The average molecular weight is 216 g/mol. The molecule has 0 radical (unpaired) electrons. The van der Waals surface area contributed by atoms with Crippen molar-refractivity contribution >= 4 is 5.97 Å². The molecule has 3 heteroatoms. The van der Waals surface area contributed by atoms with E-state index in [0.717, 1.165) is 12.8 Å². The summed E-state index contributed by atoms with van der Waals surface area (Å²) < 4.78 is 5.12. The van der Waals surface area contributed by atoms with Gasteiger partial charge in [0.05, 0.1) is 6.61 Å². The van der Waals surface area contributed by atoms with E-state index >= 15 is 0 Å². The van der Waals surface area contributed by atoms with E-state index in [9.17, 15) is 4.79 Å². The van der Waals surface area contributed by atoms with Crippen molar-refractivity contribution in [3.05, 3.63) is 12.2 Å². The number of hydrogen-bond donors (Lipinski definition) is 0. The third-order valence-corrected chi connectivity index (χ3v) is 2.34. The third-order valence-electron chi connectivity index (χ3n) is 2.34. The second kappa shape index (κ2) is 9.71. The zero-order valence-electron chi connectivity index (χ0n) is 10.1. The molecule has 15 heavy (non-hydrogen) atoms. The molecule has 3 nitrogen and oxygen atoms in total. The maximum Gasteiger partial charge on any atom is 0.333 e. The van der Waals surface area contributed by atoms with Gasteiger partial charge in [0.25, 0.3) is 0 Å². The molecular formula is C12H24O3. The van der Waals surface area contributed by atoms with Gasteiger partial charge in [-0.3, -0.25) is 0 Å². The number of unbranched alkanes of at least 4 members (excludes halogenated alkanes) is 1. The predicted molar refractivity (Wildman–Crippen MR) is 62.7 cm³/mol. The Bertz CT molecular complexity index is 187. The van der Waals surface area contributed by atoms with Crippen LogP contribution < -0.4 is 0 Å². The second-order valence-corrected chi connectivity index (χ2v) is 3.80. The molecule has 0 saturated carbocycles. The summed E-state index contributed by atoms with van der Waals surface area (Å²) in [6, 6.07) is 0. The van der Waals surface area contributed by atoms with Gasteiger partial charge in [0.2, 0.25) is 0 Å². The summed E-state index contributed by atoms with van der Waals surface area (Å²) in [5, 5.41) is 0. The minimum Gasteiger partial charge on any atom is -0.462 e. The fourth-order valence-electron chi connectivity index (χ4n) is 1.21. The van der Waals surface area contributed by atoms with Crippen LogP contribution in [0.15, 0.2) is 12.2 Å². The van der Waals surface area contributed by atoms with E-state index in [1.807, 2.05) is 0 Å². The number of carbonyl (C=O) groups excluding carboxylic acids is 1. The normalized spacial score (nSPS) is 11.4. The van der Waals surface area contributed by atoms with Gasteiger partial charge in [0.1, 0.15) is 0 Å². The SMILES string of the molecule is C=C(C)C(=O)OCC(CC)CCCC.O. The summed E-state index contributed by atoms with van der Waals surface area (Å²) in [4.78, 5) is 11.1. The van der Waals surface area contributed by atoms with Crippen LogP contribution in [0.4, 0.5) is 0 Å². The first-order chi connectivity index (χ1) is 6.61. The predicted octanol–water partition coefficient (Wildman–Crippen LogP) is 2.50. The standard InChI is InChI=1S/C12H22O2.H2O/c1-5-7-8-11(6-2)9-14-12(13)10(3)4;/h11H,3,5-9H2,1-2,4H3;1H2. The van der Waals surface area contributed by atoms with Crippen LogP contribution in [0.25, 0.3) is 0 Å². The Balaban J connectivity index is 0. The van der Waals surface area contributed by atoms with E-state index in [-0.39, 0.29) is 11.4 Å². The van der Waals surface area contributed by atoms with Gasteiger partial charge >= 0.3 is 5.97 Å². The molecule has 1 unspecified atom stereocenters. The van der Waals surface area contributed by atoms with Crippen LogP contribution in [0.3, 0.4) is 0 Å². The van der Waals surface area contributed by atoms with Crippen molar-refractivity contribution in [1.82, 2.24) is 0 Å². The highest BCUT2D eigenvalue weighted by Crippen LogP contribution is 2.13. The van der Waals surface area contributed by atoms with Crippen molar-refractivity contribution in [2.75, 3.05) is 6.61 Å². The minimum absolute atomic E-state index is 0. The molecule has 0 bridgehead atoms. The summed E-state index contributed by atoms with van der Waals surface area (Å²) >= 11 is 0. The monoisotopic (exact) mass is 216 g/mol. The van der Waals surface area contributed by atoms with Gasteiger partial charge in [0.15, 0.2) is 0 Å². The lowest BCUT2D eigenvalue weighted by atomic mass is 10.0. The largest absolute Gasteiger partial charge is 0.462 e. The zero-order valence-corrected chi connectivity index (χ0v) is 10.1. The Kier molecular flexibility index (Phi) is 10.7. The van der Waals surface area contributed by atoms with Crippen molar-refractivity contribution in [3.8, 4) is 0 Å². The van der Waals surface area contributed by atoms with Gasteiger partial charge in [-0.25, -0.2) is 4.79 Å². The molecule has 0 spiro atoms. The van der Waals surface area contributed by atoms with Crippen molar-refractivity contribution in [1.29, 1.82) is 0 Å². The summed E-state index contributed by atoms with van der Waals surface area (Å²) in [6.07, 6.45) is 4.63. The topological polar surface area (TPSA) is 57.8 Å². The van der Waals surface area contributed by atoms with Crippen LogP contribution in [-0.2, 0) is 9.53 Å². The zero-order chi connectivity index (χ0) is 11.0. The van der Waals surface area contributed by atoms with E-state index in [2.05, 4.69) is 20.4 Å². The molecule has 90 valence electrons. The van der Waals surface area contributed by atoms with Crippen molar-refractivity contribution in [2.45, 2.75) is 46.5 Å². The fourth-order valence-corrected chi connectivity index (χ4v) is 1.21. The first-order valence-electron chi connectivity index (χ1n) is 5.44. The van der Waals surface area contributed by atoms with Crippen molar-refractivity contribution in [2.24, 2.45) is 5.92 Å². The maximum absolute atomic E-state index is 11.1. The Labute approximate surface area is 92.8 Å². The summed E-state index contributed by atoms with van der Waals surface area (Å²) in [6.45, 7) is 10.1. The summed E-state index contributed by atoms with van der Waals surface area (Å²) in [5.74, 6) is 0.248. The Hall–Kier alpha value is -0.830. The Morgan fingerprint density at radius 3 is 2.40 bits per heavy atom. The van der Waals surface area contributed by atoms with E-state index in [1.54, 1.807) is 6.92 Å². The van der Waals surface area contributed by atoms with Crippen LogP contribution in [0.5, 0.6) is 0 Å². The van der Waals surface area contributed by atoms with Gasteiger partial charge in [-0.05, 0) is 19.3 Å². The minimum atomic E-state index is -0.264. The molecule has 0 aliphatic carbocycles. The lowest BCUT2D eigenvalue weighted by Crippen LogP contribution is -2.14. The number of esters is 1. The third kappa shape index (κ3) is 8.18. The Morgan fingerprint density at radius 2 is 2.00 bits per heavy atom. The van der Waals surface area contributed by atoms with E-state index in [4.69, 9.17) is 4.74 Å². The van der Waals surface area contributed by atoms with Crippen LogP contribution in [-0.4, -0.2) is 18.1 Å². The quantitative estimate of drug-likeness (QED) is 0.485. The molecule has 0 rings (SSSR count). The van der Waals surface area contributed by atoms with E-state index < -0.39 is 0 Å². The first-order valence-corrected chi connectivity index (χ1v) is 5.44. The van der Waals surface area contributed by atoms with Crippen LogP contribution >= 0.6 is 0 Å². The van der Waals surface area contributed by atoms with Gasteiger partial charge in [-0.15, -0.1) is 0 Å². The molecule has 0 amide bonds. The number of hydrogen-bond acceptors (Lipinski definition) is 2. The highest BCUT2D eigenvalue weighted by Gasteiger charge is 2.09. The van der Waals surface area contributed by atoms with Gasteiger partial charge < -0.3 is 10.2 Å². The number of rotatable bonds is 7. The summed E-state index contributed by atoms with van der Waals surface area (Å²) in [5.41, 5.74) is 0.482. The maximum atomic E-state index is 11.1. The molecular weight excluding hydrogens is 192 g/mol. The molecule has 0 heterocycles.